The first kappa shape index (κ1) is 30.8. The largest absolute Gasteiger partial charge is 0.354 e. The molecule has 1 atom stereocenters. The third-order valence-electron chi connectivity index (χ3n) is 6.59. The highest BCUT2D eigenvalue weighted by molar-refractivity contribution is 7.92. The SMILES string of the molecule is Cc1cccc(C)c1N(CC(=O)N(Cc1ccc(F)cc1)C(Cc1ccccc1)C(=O)NCC(C)C)S(C)(=O)=O. The molecule has 0 fully saturated rings. The van der Waals surface area contributed by atoms with E-state index in [9.17, 15) is 22.4 Å². The molecule has 0 aliphatic rings. The Morgan fingerprint density at radius 2 is 1.48 bits per heavy atom. The number of carbonyl (C=O) groups excluding carboxylic acids is 2. The number of nitrogens with zero attached hydrogens (tertiary/aromatic N) is 2. The number of hydrogen-bond acceptors (Lipinski definition) is 4. The van der Waals surface area contributed by atoms with E-state index in [2.05, 4.69) is 5.32 Å². The summed E-state index contributed by atoms with van der Waals surface area (Å²) in [6, 6.07) is 19.5. The summed E-state index contributed by atoms with van der Waals surface area (Å²) in [4.78, 5) is 29.1. The summed E-state index contributed by atoms with van der Waals surface area (Å²) in [5.41, 5.74) is 3.31. The topological polar surface area (TPSA) is 86.8 Å². The fraction of sp³-hybridized carbons (Fsp3) is 0.355. The van der Waals surface area contributed by atoms with Crippen molar-refractivity contribution in [1.29, 1.82) is 0 Å². The number of anilines is 1. The number of nitrogens with one attached hydrogen (secondary N) is 1. The maximum atomic E-state index is 14.1. The molecule has 1 unspecified atom stereocenters. The van der Waals surface area contributed by atoms with Crippen molar-refractivity contribution in [3.63, 3.8) is 0 Å². The minimum Gasteiger partial charge on any atom is -0.354 e. The van der Waals surface area contributed by atoms with Crippen molar-refractivity contribution in [3.8, 4) is 0 Å². The van der Waals surface area contributed by atoms with Crippen LogP contribution in [0.25, 0.3) is 0 Å². The Balaban J connectivity index is 2.07. The summed E-state index contributed by atoms with van der Waals surface area (Å²) in [6.07, 6.45) is 1.28. The molecular formula is C31H38FN3O4S. The molecule has 3 rings (SSSR count). The summed E-state index contributed by atoms with van der Waals surface area (Å²) < 4.78 is 40.8. The van der Waals surface area contributed by atoms with Crippen LogP contribution in [0.5, 0.6) is 0 Å². The molecule has 0 heterocycles. The van der Waals surface area contributed by atoms with Gasteiger partial charge in [0.15, 0.2) is 0 Å². The average molecular weight is 568 g/mol. The number of amides is 2. The first-order valence-electron chi connectivity index (χ1n) is 13.3. The van der Waals surface area contributed by atoms with E-state index in [1.54, 1.807) is 38.1 Å². The van der Waals surface area contributed by atoms with Crippen LogP contribution in [0, 0.1) is 25.6 Å². The molecule has 0 aliphatic heterocycles. The van der Waals surface area contributed by atoms with E-state index >= 15 is 0 Å². The molecule has 3 aromatic rings. The number of para-hydroxylation sites is 1. The van der Waals surface area contributed by atoms with Gasteiger partial charge >= 0.3 is 0 Å². The predicted molar refractivity (Wildman–Crippen MR) is 157 cm³/mol. The van der Waals surface area contributed by atoms with Crippen molar-refractivity contribution < 1.29 is 22.4 Å². The molecule has 0 aliphatic carbocycles. The van der Waals surface area contributed by atoms with Crippen molar-refractivity contribution in [1.82, 2.24) is 10.2 Å². The van der Waals surface area contributed by atoms with Gasteiger partial charge in [0.05, 0.1) is 11.9 Å². The van der Waals surface area contributed by atoms with Gasteiger partial charge in [0.1, 0.15) is 18.4 Å². The molecule has 3 aromatic carbocycles. The van der Waals surface area contributed by atoms with Crippen LogP contribution in [0.3, 0.4) is 0 Å². The second-order valence-electron chi connectivity index (χ2n) is 10.5. The lowest BCUT2D eigenvalue weighted by Crippen LogP contribution is -2.53. The molecular weight excluding hydrogens is 529 g/mol. The fourth-order valence-corrected chi connectivity index (χ4v) is 5.50. The molecule has 0 saturated carbocycles. The quantitative estimate of drug-likeness (QED) is 0.346. The van der Waals surface area contributed by atoms with Gasteiger partial charge in [0.25, 0.3) is 0 Å². The normalized spacial score (nSPS) is 12.2. The Kier molecular flexibility index (Phi) is 10.5. The molecule has 2 amide bonds. The molecule has 0 aromatic heterocycles. The van der Waals surface area contributed by atoms with E-state index in [1.807, 2.05) is 50.2 Å². The molecule has 0 spiro atoms. The maximum Gasteiger partial charge on any atom is 0.244 e. The lowest BCUT2D eigenvalue weighted by Gasteiger charge is -2.34. The molecule has 40 heavy (non-hydrogen) atoms. The second kappa shape index (κ2) is 13.6. The average Bonchev–Trinajstić information content (AvgIpc) is 2.89. The van der Waals surface area contributed by atoms with E-state index in [-0.39, 0.29) is 24.8 Å². The van der Waals surface area contributed by atoms with Crippen LogP contribution < -0.4 is 9.62 Å². The molecule has 0 bridgehead atoms. The summed E-state index contributed by atoms with van der Waals surface area (Å²) in [5.74, 6) is -1.12. The number of carbonyl (C=O) groups is 2. The Hall–Kier alpha value is -3.72. The fourth-order valence-electron chi connectivity index (χ4n) is 4.54. The van der Waals surface area contributed by atoms with Gasteiger partial charge in [-0.25, -0.2) is 12.8 Å². The highest BCUT2D eigenvalue weighted by Gasteiger charge is 2.33. The van der Waals surface area contributed by atoms with Crippen molar-refractivity contribution in [2.24, 2.45) is 5.92 Å². The van der Waals surface area contributed by atoms with Crippen LogP contribution in [0.1, 0.15) is 36.1 Å². The smallest absolute Gasteiger partial charge is 0.244 e. The number of benzene rings is 3. The van der Waals surface area contributed by atoms with E-state index < -0.39 is 34.3 Å². The molecule has 7 nitrogen and oxygen atoms in total. The zero-order valence-electron chi connectivity index (χ0n) is 23.7. The standard InChI is InChI=1S/C31H38FN3O4S/c1-22(2)19-33-31(37)28(18-25-12-7-6-8-13-25)34(20-26-14-16-27(32)17-15-26)29(36)21-35(40(5,38)39)30-23(3)10-9-11-24(30)4/h6-17,22,28H,18-21H2,1-5H3,(H,33,37). The van der Waals surface area contributed by atoms with E-state index in [1.165, 1.54) is 17.0 Å². The first-order chi connectivity index (χ1) is 18.9. The van der Waals surface area contributed by atoms with Crippen LogP contribution in [0.15, 0.2) is 72.8 Å². The van der Waals surface area contributed by atoms with Crippen LogP contribution in [0.4, 0.5) is 10.1 Å². The van der Waals surface area contributed by atoms with Gasteiger partial charge in [-0.15, -0.1) is 0 Å². The van der Waals surface area contributed by atoms with Crippen LogP contribution in [0.2, 0.25) is 0 Å². The number of hydrogen-bond donors (Lipinski definition) is 1. The number of rotatable bonds is 12. The van der Waals surface area contributed by atoms with Gasteiger partial charge in [0.2, 0.25) is 21.8 Å². The summed E-state index contributed by atoms with van der Waals surface area (Å²) in [6.45, 7) is 7.45. The molecule has 1 N–H and O–H groups in total. The van der Waals surface area contributed by atoms with Crippen molar-refractivity contribution in [2.45, 2.75) is 46.7 Å². The van der Waals surface area contributed by atoms with Gasteiger partial charge in [-0.1, -0.05) is 74.5 Å². The van der Waals surface area contributed by atoms with Crippen LogP contribution in [-0.2, 0) is 32.6 Å². The Morgan fingerprint density at radius 1 is 0.875 bits per heavy atom. The Bertz CT molecular complexity index is 1390. The number of sulfonamides is 1. The molecule has 214 valence electrons. The van der Waals surface area contributed by atoms with Gasteiger partial charge < -0.3 is 10.2 Å². The number of halogens is 1. The summed E-state index contributed by atoms with van der Waals surface area (Å²) in [5, 5.41) is 2.94. The summed E-state index contributed by atoms with van der Waals surface area (Å²) in [7, 11) is -3.86. The minimum atomic E-state index is -3.86. The van der Waals surface area contributed by atoms with Crippen molar-refractivity contribution in [2.75, 3.05) is 23.7 Å². The van der Waals surface area contributed by atoms with Crippen molar-refractivity contribution in [3.05, 3.63) is 101 Å². The number of aryl methyl sites for hydroxylation is 2. The summed E-state index contributed by atoms with van der Waals surface area (Å²) >= 11 is 0. The van der Waals surface area contributed by atoms with Crippen molar-refractivity contribution >= 4 is 27.5 Å². The Morgan fingerprint density at radius 3 is 2.02 bits per heavy atom. The Labute approximate surface area is 237 Å². The van der Waals surface area contributed by atoms with Gasteiger partial charge in [-0.05, 0) is 54.2 Å². The molecule has 0 saturated heterocycles. The third-order valence-corrected chi connectivity index (χ3v) is 7.70. The van der Waals surface area contributed by atoms with E-state index in [0.717, 1.165) is 16.1 Å². The maximum absolute atomic E-state index is 14.1. The highest BCUT2D eigenvalue weighted by atomic mass is 32.2. The third kappa shape index (κ3) is 8.39. The van der Waals surface area contributed by atoms with E-state index in [4.69, 9.17) is 0 Å². The van der Waals surface area contributed by atoms with Gasteiger partial charge in [0, 0.05) is 19.5 Å². The zero-order valence-corrected chi connectivity index (χ0v) is 24.5. The molecule has 0 radical (unpaired) electrons. The van der Waals surface area contributed by atoms with Crippen LogP contribution in [-0.4, -0.2) is 50.5 Å². The van der Waals surface area contributed by atoms with Gasteiger partial charge in [-0.2, -0.15) is 0 Å². The predicted octanol–water partition coefficient (Wildman–Crippen LogP) is 4.62. The lowest BCUT2D eigenvalue weighted by atomic mass is 10.0. The highest BCUT2D eigenvalue weighted by Crippen LogP contribution is 2.27. The van der Waals surface area contributed by atoms with Gasteiger partial charge in [-0.3, -0.25) is 13.9 Å². The minimum absolute atomic E-state index is 0.00390. The van der Waals surface area contributed by atoms with E-state index in [0.29, 0.717) is 28.9 Å². The second-order valence-corrected chi connectivity index (χ2v) is 12.4. The lowest BCUT2D eigenvalue weighted by molar-refractivity contribution is -0.140. The van der Waals surface area contributed by atoms with Crippen LogP contribution >= 0.6 is 0 Å². The first-order valence-corrected chi connectivity index (χ1v) is 15.1. The molecule has 9 heteroatoms. The monoisotopic (exact) mass is 567 g/mol. The zero-order chi connectivity index (χ0) is 29.4.